The zero-order chi connectivity index (χ0) is 22.4. The number of hydrazone groups is 1. The molecule has 32 heavy (non-hydrogen) atoms. The average Bonchev–Trinajstić information content (AvgIpc) is 2.88. The van der Waals surface area contributed by atoms with Gasteiger partial charge in [0.1, 0.15) is 0 Å². The number of amides is 1. The largest absolute Gasteiger partial charge is 0.372 e. The van der Waals surface area contributed by atoms with Gasteiger partial charge in [0, 0.05) is 0 Å². The fraction of sp³-hybridized carbons (Fsp3) is 0.286. The summed E-state index contributed by atoms with van der Waals surface area (Å²) in [5, 5.41) is 15.8. The number of carbonyl (C=O) groups is 1. The highest BCUT2D eigenvalue weighted by atomic mass is 16.3. The van der Waals surface area contributed by atoms with Gasteiger partial charge in [0.2, 0.25) is 0 Å². The smallest absolute Gasteiger partial charge is 0.281 e. The van der Waals surface area contributed by atoms with Crippen molar-refractivity contribution in [3.8, 4) is 0 Å². The maximum Gasteiger partial charge on any atom is 0.281 e. The van der Waals surface area contributed by atoms with Crippen LogP contribution < -0.4 is 5.43 Å². The Morgan fingerprint density at radius 2 is 1.38 bits per heavy atom. The first-order valence-electron chi connectivity index (χ1n) is 11.4. The molecule has 3 aromatic carbocycles. The molecule has 1 fully saturated rings. The minimum atomic E-state index is -1.84. The molecular weight excluding hydrogens is 396 g/mol. The van der Waals surface area contributed by atoms with Gasteiger partial charge in [-0.15, -0.1) is 0 Å². The highest BCUT2D eigenvalue weighted by Crippen LogP contribution is 2.33. The summed E-state index contributed by atoms with van der Waals surface area (Å²) in [6.07, 6.45) is 6.49. The van der Waals surface area contributed by atoms with Crippen LogP contribution >= 0.6 is 0 Å². The average molecular weight is 427 g/mol. The number of hydrogen-bond donors (Lipinski definition) is 2. The number of rotatable bonds is 6. The maximum absolute atomic E-state index is 13.2. The third-order valence-corrected chi connectivity index (χ3v) is 6.44. The Balaban J connectivity index is 1.53. The molecule has 4 nitrogen and oxygen atoms in total. The molecule has 0 atom stereocenters. The van der Waals surface area contributed by atoms with Gasteiger partial charge >= 0.3 is 0 Å². The van der Waals surface area contributed by atoms with Gasteiger partial charge in [0.15, 0.2) is 5.60 Å². The number of hydrogen-bond acceptors (Lipinski definition) is 3. The molecule has 0 saturated heterocycles. The van der Waals surface area contributed by atoms with E-state index in [2.05, 4.69) is 34.8 Å². The molecule has 1 amide bonds. The van der Waals surface area contributed by atoms with Crippen LogP contribution in [0.2, 0.25) is 0 Å². The number of aliphatic hydroxyl groups is 1. The van der Waals surface area contributed by atoms with E-state index >= 15 is 0 Å². The van der Waals surface area contributed by atoms with Crippen LogP contribution in [0.5, 0.6) is 0 Å². The predicted molar refractivity (Wildman–Crippen MR) is 129 cm³/mol. The first kappa shape index (κ1) is 22.0. The quantitative estimate of drug-likeness (QED) is 0.403. The molecule has 3 aromatic rings. The van der Waals surface area contributed by atoms with Crippen molar-refractivity contribution in [1.29, 1.82) is 0 Å². The van der Waals surface area contributed by atoms with Gasteiger partial charge in [0.05, 0.1) is 5.71 Å². The standard InChI is InChI=1S/C28H30N2O2/c1-21(22-17-19-24(20-18-22)23-11-5-2-6-12-23)29-30-27(31)28(32,25-13-7-3-8-14-25)26-15-9-4-10-16-26/h3-4,7-10,13-20,23,32H,2,5-6,11-12H2,1H3,(H,30,31)/b29-21-. The number of nitrogens with one attached hydrogen (secondary N) is 1. The molecule has 4 heteroatoms. The van der Waals surface area contributed by atoms with Crippen LogP contribution in [-0.2, 0) is 10.4 Å². The first-order valence-corrected chi connectivity index (χ1v) is 11.4. The third kappa shape index (κ3) is 4.66. The van der Waals surface area contributed by atoms with E-state index in [1.807, 2.05) is 19.1 Å². The van der Waals surface area contributed by atoms with Gasteiger partial charge in [-0.05, 0) is 47.9 Å². The second-order valence-corrected chi connectivity index (χ2v) is 8.54. The molecule has 0 bridgehead atoms. The molecule has 0 aliphatic heterocycles. The van der Waals surface area contributed by atoms with Crippen molar-refractivity contribution in [1.82, 2.24) is 5.43 Å². The van der Waals surface area contributed by atoms with Crippen molar-refractivity contribution >= 4 is 11.6 Å². The molecule has 1 saturated carbocycles. The number of nitrogens with zero attached hydrogens (tertiary/aromatic N) is 1. The van der Waals surface area contributed by atoms with Gasteiger partial charge in [-0.3, -0.25) is 4.79 Å². The maximum atomic E-state index is 13.2. The zero-order valence-electron chi connectivity index (χ0n) is 18.5. The lowest BCUT2D eigenvalue weighted by atomic mass is 9.84. The van der Waals surface area contributed by atoms with Crippen LogP contribution in [-0.4, -0.2) is 16.7 Å². The van der Waals surface area contributed by atoms with Gasteiger partial charge in [-0.1, -0.05) is 104 Å². The van der Waals surface area contributed by atoms with Crippen molar-refractivity contribution in [2.45, 2.75) is 50.5 Å². The zero-order valence-corrected chi connectivity index (χ0v) is 18.5. The SMILES string of the molecule is C/C(=N/NC(=O)C(O)(c1ccccc1)c1ccccc1)c1ccc(C2CCCCC2)cc1. The Morgan fingerprint density at radius 1 is 0.844 bits per heavy atom. The van der Waals surface area contributed by atoms with Gasteiger partial charge in [0.25, 0.3) is 5.91 Å². The lowest BCUT2D eigenvalue weighted by molar-refractivity contribution is -0.136. The Kier molecular flexibility index (Phi) is 6.81. The van der Waals surface area contributed by atoms with E-state index in [1.165, 1.54) is 37.7 Å². The highest BCUT2D eigenvalue weighted by molar-refractivity contribution is 6.00. The Bertz CT molecular complexity index is 1010. The summed E-state index contributed by atoms with van der Waals surface area (Å²) in [5.41, 5.74) is 4.77. The van der Waals surface area contributed by atoms with E-state index in [-0.39, 0.29) is 0 Å². The summed E-state index contributed by atoms with van der Waals surface area (Å²) in [6, 6.07) is 26.4. The molecule has 0 heterocycles. The van der Waals surface area contributed by atoms with Crippen molar-refractivity contribution in [3.63, 3.8) is 0 Å². The molecule has 0 radical (unpaired) electrons. The topological polar surface area (TPSA) is 61.7 Å². The second-order valence-electron chi connectivity index (χ2n) is 8.54. The summed E-state index contributed by atoms with van der Waals surface area (Å²) in [4.78, 5) is 13.2. The van der Waals surface area contributed by atoms with Gasteiger partial charge in [-0.2, -0.15) is 5.10 Å². The van der Waals surface area contributed by atoms with E-state index in [9.17, 15) is 9.90 Å². The van der Waals surface area contributed by atoms with E-state index < -0.39 is 11.5 Å². The van der Waals surface area contributed by atoms with Crippen LogP contribution in [0.4, 0.5) is 0 Å². The Hall–Kier alpha value is -3.24. The van der Waals surface area contributed by atoms with Crippen molar-refractivity contribution in [2.24, 2.45) is 5.10 Å². The second kappa shape index (κ2) is 9.92. The lowest BCUT2D eigenvalue weighted by Gasteiger charge is -2.27. The van der Waals surface area contributed by atoms with Crippen molar-refractivity contribution in [3.05, 3.63) is 107 Å². The fourth-order valence-corrected chi connectivity index (χ4v) is 4.50. The Labute approximate surface area is 190 Å². The summed E-state index contributed by atoms with van der Waals surface area (Å²) >= 11 is 0. The lowest BCUT2D eigenvalue weighted by Crippen LogP contribution is -2.43. The van der Waals surface area contributed by atoms with Crippen LogP contribution in [0, 0.1) is 0 Å². The predicted octanol–water partition coefficient (Wildman–Crippen LogP) is 5.51. The van der Waals surface area contributed by atoms with E-state index in [0.29, 0.717) is 22.8 Å². The number of carbonyl (C=O) groups excluding carboxylic acids is 1. The molecule has 4 rings (SSSR count). The van der Waals surface area contributed by atoms with Crippen LogP contribution in [0.25, 0.3) is 0 Å². The third-order valence-electron chi connectivity index (χ3n) is 6.44. The van der Waals surface area contributed by atoms with Gasteiger partial charge < -0.3 is 5.11 Å². The fourth-order valence-electron chi connectivity index (χ4n) is 4.50. The molecule has 2 N–H and O–H groups in total. The molecular formula is C28H30N2O2. The minimum absolute atomic E-state index is 0.494. The van der Waals surface area contributed by atoms with Crippen molar-refractivity contribution in [2.75, 3.05) is 0 Å². The summed E-state index contributed by atoms with van der Waals surface area (Å²) in [6.45, 7) is 1.86. The van der Waals surface area contributed by atoms with Crippen LogP contribution in [0.3, 0.4) is 0 Å². The molecule has 0 unspecified atom stereocenters. The molecule has 164 valence electrons. The summed E-state index contributed by atoms with van der Waals surface area (Å²) < 4.78 is 0. The number of benzene rings is 3. The molecule has 0 aromatic heterocycles. The van der Waals surface area contributed by atoms with Crippen LogP contribution in [0.15, 0.2) is 90.0 Å². The van der Waals surface area contributed by atoms with E-state index in [0.717, 1.165) is 5.56 Å². The van der Waals surface area contributed by atoms with Crippen LogP contribution in [0.1, 0.15) is 67.2 Å². The molecule has 1 aliphatic carbocycles. The normalized spacial score (nSPS) is 15.4. The summed E-state index contributed by atoms with van der Waals surface area (Å²) in [7, 11) is 0. The molecule has 0 spiro atoms. The highest BCUT2D eigenvalue weighted by Gasteiger charge is 2.39. The Morgan fingerprint density at radius 3 is 1.91 bits per heavy atom. The van der Waals surface area contributed by atoms with E-state index in [1.54, 1.807) is 48.5 Å². The first-order chi connectivity index (χ1) is 15.6. The monoisotopic (exact) mass is 426 g/mol. The summed E-state index contributed by atoms with van der Waals surface area (Å²) in [5.74, 6) is 0.0644. The minimum Gasteiger partial charge on any atom is -0.372 e. The molecule has 1 aliphatic rings. The van der Waals surface area contributed by atoms with Gasteiger partial charge in [-0.25, -0.2) is 5.43 Å². The van der Waals surface area contributed by atoms with Crippen molar-refractivity contribution < 1.29 is 9.90 Å². The van der Waals surface area contributed by atoms with E-state index in [4.69, 9.17) is 0 Å².